The molecule has 2 aromatic rings. The van der Waals surface area contributed by atoms with Crippen LogP contribution in [0, 0.1) is 0 Å². The molecule has 0 bridgehead atoms. The molecule has 0 heterocycles. The Morgan fingerprint density at radius 3 is 2.45 bits per heavy atom. The van der Waals surface area contributed by atoms with E-state index in [1.165, 1.54) is 36.2 Å². The SMILES string of the molecule is CC(=O)N(CCCC(=O)O)Nc1ccc2c(c1)CC(NS(=O)(=O)c1ccc(Cl)cc1)C2. The van der Waals surface area contributed by atoms with Gasteiger partial charge in [-0.15, -0.1) is 0 Å². The van der Waals surface area contributed by atoms with Crippen LogP contribution in [0.15, 0.2) is 47.4 Å². The average Bonchev–Trinajstić information content (AvgIpc) is 3.07. The lowest BCUT2D eigenvalue weighted by molar-refractivity contribution is -0.137. The van der Waals surface area contributed by atoms with Gasteiger partial charge in [0.25, 0.3) is 0 Å². The topological polar surface area (TPSA) is 116 Å². The number of rotatable bonds is 9. The molecular formula is C21H24ClN3O5S. The molecule has 0 aliphatic heterocycles. The van der Waals surface area contributed by atoms with Crippen molar-refractivity contribution in [3.05, 3.63) is 58.6 Å². The van der Waals surface area contributed by atoms with E-state index in [0.29, 0.717) is 30.0 Å². The van der Waals surface area contributed by atoms with Crippen molar-refractivity contribution in [2.75, 3.05) is 12.0 Å². The number of carbonyl (C=O) groups is 2. The number of carboxylic acids is 1. The molecular weight excluding hydrogens is 442 g/mol. The van der Waals surface area contributed by atoms with Gasteiger partial charge in [0.05, 0.1) is 10.6 Å². The fraction of sp³-hybridized carbons (Fsp3) is 0.333. The van der Waals surface area contributed by atoms with E-state index in [1.54, 1.807) is 0 Å². The van der Waals surface area contributed by atoms with Crippen LogP contribution < -0.4 is 10.1 Å². The predicted octanol–water partition coefficient (Wildman–Crippen LogP) is 2.83. The molecule has 8 nitrogen and oxygen atoms in total. The van der Waals surface area contributed by atoms with Crippen molar-refractivity contribution in [1.82, 2.24) is 9.73 Å². The molecule has 0 aromatic heterocycles. The Labute approximate surface area is 186 Å². The number of anilines is 1. The molecule has 2 aromatic carbocycles. The number of amides is 1. The molecule has 166 valence electrons. The molecule has 0 fully saturated rings. The number of carbonyl (C=O) groups excluding carboxylic acids is 1. The van der Waals surface area contributed by atoms with Crippen LogP contribution in [0.2, 0.25) is 5.02 Å². The molecule has 3 rings (SSSR count). The van der Waals surface area contributed by atoms with E-state index in [4.69, 9.17) is 16.7 Å². The summed E-state index contributed by atoms with van der Waals surface area (Å²) in [5.74, 6) is -1.13. The van der Waals surface area contributed by atoms with Gasteiger partial charge in [-0.25, -0.2) is 13.1 Å². The summed E-state index contributed by atoms with van der Waals surface area (Å²) in [4.78, 5) is 22.7. The molecule has 0 radical (unpaired) electrons. The summed E-state index contributed by atoms with van der Waals surface area (Å²) in [6.07, 6.45) is 1.40. The van der Waals surface area contributed by atoms with Crippen LogP contribution >= 0.6 is 11.6 Å². The number of benzene rings is 2. The highest BCUT2D eigenvalue weighted by Gasteiger charge is 2.27. The molecule has 31 heavy (non-hydrogen) atoms. The Bertz CT molecular complexity index is 1070. The van der Waals surface area contributed by atoms with Crippen LogP contribution in [0.5, 0.6) is 0 Å². The van der Waals surface area contributed by atoms with Gasteiger partial charge in [-0.2, -0.15) is 0 Å². The van der Waals surface area contributed by atoms with Crippen LogP contribution in [0.25, 0.3) is 0 Å². The normalized spacial score (nSPS) is 15.4. The summed E-state index contributed by atoms with van der Waals surface area (Å²) >= 11 is 5.83. The summed E-state index contributed by atoms with van der Waals surface area (Å²) < 4.78 is 28.0. The Kier molecular flexibility index (Phi) is 7.19. The third-order valence-corrected chi connectivity index (χ3v) is 6.79. The maximum Gasteiger partial charge on any atom is 0.303 e. The largest absolute Gasteiger partial charge is 0.481 e. The minimum atomic E-state index is -3.66. The van der Waals surface area contributed by atoms with Crippen LogP contribution in [0.1, 0.15) is 30.9 Å². The van der Waals surface area contributed by atoms with Gasteiger partial charge in [0, 0.05) is 31.0 Å². The van der Waals surface area contributed by atoms with Crippen molar-refractivity contribution < 1.29 is 23.1 Å². The number of fused-ring (bicyclic) bond motifs is 1. The Morgan fingerprint density at radius 1 is 1.13 bits per heavy atom. The lowest BCUT2D eigenvalue weighted by Crippen LogP contribution is -2.35. The highest BCUT2D eigenvalue weighted by Crippen LogP contribution is 2.27. The van der Waals surface area contributed by atoms with Crippen LogP contribution in [-0.4, -0.2) is 43.0 Å². The molecule has 0 spiro atoms. The molecule has 0 saturated heterocycles. The van der Waals surface area contributed by atoms with E-state index >= 15 is 0 Å². The number of sulfonamides is 1. The zero-order chi connectivity index (χ0) is 22.6. The smallest absolute Gasteiger partial charge is 0.303 e. The van der Waals surface area contributed by atoms with Crippen molar-refractivity contribution >= 4 is 39.2 Å². The molecule has 0 saturated carbocycles. The van der Waals surface area contributed by atoms with Crippen LogP contribution in [-0.2, 0) is 32.5 Å². The zero-order valence-corrected chi connectivity index (χ0v) is 18.5. The van der Waals surface area contributed by atoms with E-state index < -0.39 is 16.0 Å². The Morgan fingerprint density at radius 2 is 1.81 bits per heavy atom. The summed E-state index contributed by atoms with van der Waals surface area (Å²) in [6.45, 7) is 1.67. The number of aliphatic carboxylic acids is 1. The Balaban J connectivity index is 1.64. The molecule has 3 N–H and O–H groups in total. The zero-order valence-electron chi connectivity index (χ0n) is 17.0. The number of hydrazine groups is 1. The van der Waals surface area contributed by atoms with Crippen LogP contribution in [0.3, 0.4) is 0 Å². The third-order valence-electron chi connectivity index (χ3n) is 5.00. The van der Waals surface area contributed by atoms with Gasteiger partial charge in [-0.3, -0.25) is 20.0 Å². The number of halogens is 1. The first kappa shape index (κ1) is 23.1. The Hall–Kier alpha value is -2.62. The molecule has 1 aliphatic carbocycles. The standard InChI is InChI=1S/C21H24ClN3O5S/c1-14(26)25(10-2-3-21(27)28)23-18-7-4-15-11-19(13-16(15)12-18)24-31(29,30)20-8-5-17(22)6-9-20/h4-9,12,19,23-24H,2-3,10-11,13H2,1H3,(H,27,28). The van der Waals surface area contributed by atoms with Gasteiger partial charge >= 0.3 is 5.97 Å². The number of hydrogen-bond donors (Lipinski definition) is 3. The van der Waals surface area contributed by atoms with Crippen molar-refractivity contribution in [3.8, 4) is 0 Å². The predicted molar refractivity (Wildman–Crippen MR) is 117 cm³/mol. The maximum absolute atomic E-state index is 12.6. The van der Waals surface area contributed by atoms with E-state index in [-0.39, 0.29) is 29.8 Å². The van der Waals surface area contributed by atoms with Crippen molar-refractivity contribution in [3.63, 3.8) is 0 Å². The first-order valence-corrected chi connectivity index (χ1v) is 11.7. The monoisotopic (exact) mass is 465 g/mol. The molecule has 10 heteroatoms. The number of hydrogen-bond acceptors (Lipinski definition) is 5. The first-order chi connectivity index (χ1) is 14.6. The fourth-order valence-electron chi connectivity index (χ4n) is 3.51. The highest BCUT2D eigenvalue weighted by molar-refractivity contribution is 7.89. The second-order valence-corrected chi connectivity index (χ2v) is 9.59. The van der Waals surface area contributed by atoms with Gasteiger partial charge in [0.15, 0.2) is 0 Å². The van der Waals surface area contributed by atoms with E-state index in [2.05, 4.69) is 10.1 Å². The summed E-state index contributed by atoms with van der Waals surface area (Å²) in [5.41, 5.74) is 5.73. The summed E-state index contributed by atoms with van der Waals surface area (Å²) in [7, 11) is -3.66. The van der Waals surface area contributed by atoms with Gasteiger partial charge in [-0.05, 0) is 66.8 Å². The van der Waals surface area contributed by atoms with Gasteiger partial charge in [-0.1, -0.05) is 17.7 Å². The average molecular weight is 466 g/mol. The maximum atomic E-state index is 12.6. The van der Waals surface area contributed by atoms with Gasteiger partial charge in [0.1, 0.15) is 0 Å². The van der Waals surface area contributed by atoms with E-state index in [1.807, 2.05) is 18.2 Å². The number of nitrogens with zero attached hydrogens (tertiary/aromatic N) is 1. The van der Waals surface area contributed by atoms with Crippen molar-refractivity contribution in [1.29, 1.82) is 0 Å². The molecule has 1 amide bonds. The van der Waals surface area contributed by atoms with Crippen molar-refractivity contribution in [2.24, 2.45) is 0 Å². The molecule has 1 aliphatic rings. The number of carboxylic acid groups (broad SMARTS) is 1. The quantitative estimate of drug-likeness (QED) is 0.490. The van der Waals surface area contributed by atoms with E-state index in [0.717, 1.165) is 11.1 Å². The lowest BCUT2D eigenvalue weighted by Gasteiger charge is -2.23. The fourth-order valence-corrected chi connectivity index (χ4v) is 4.87. The van der Waals surface area contributed by atoms with Gasteiger partial charge in [0.2, 0.25) is 15.9 Å². The lowest BCUT2D eigenvalue weighted by atomic mass is 10.1. The molecule has 1 atom stereocenters. The minimum Gasteiger partial charge on any atom is -0.481 e. The second-order valence-electron chi connectivity index (χ2n) is 7.44. The first-order valence-electron chi connectivity index (χ1n) is 9.80. The second kappa shape index (κ2) is 9.67. The van der Waals surface area contributed by atoms with Crippen LogP contribution in [0.4, 0.5) is 5.69 Å². The highest BCUT2D eigenvalue weighted by atomic mass is 35.5. The molecule has 1 unspecified atom stereocenters. The van der Waals surface area contributed by atoms with E-state index in [9.17, 15) is 18.0 Å². The van der Waals surface area contributed by atoms with Gasteiger partial charge < -0.3 is 5.11 Å². The third kappa shape index (κ3) is 6.19. The van der Waals surface area contributed by atoms with Crippen molar-refractivity contribution in [2.45, 2.75) is 43.5 Å². The minimum absolute atomic E-state index is 0.0227. The summed E-state index contributed by atoms with van der Waals surface area (Å²) in [6, 6.07) is 11.4. The number of nitrogens with one attached hydrogen (secondary N) is 2. The summed E-state index contributed by atoms with van der Waals surface area (Å²) in [5, 5.41) is 10.6.